The van der Waals surface area contributed by atoms with Crippen molar-refractivity contribution in [3.8, 4) is 0 Å². The summed E-state index contributed by atoms with van der Waals surface area (Å²) in [6.45, 7) is 2.78. The highest BCUT2D eigenvalue weighted by Crippen LogP contribution is 2.19. The average molecular weight is 475 g/mol. The van der Waals surface area contributed by atoms with Crippen LogP contribution in [0.3, 0.4) is 0 Å². The van der Waals surface area contributed by atoms with Crippen molar-refractivity contribution in [2.75, 3.05) is 6.54 Å². The van der Waals surface area contributed by atoms with Gasteiger partial charge < -0.3 is 37.5 Å². The van der Waals surface area contributed by atoms with Gasteiger partial charge in [-0.05, 0) is 17.5 Å². The smallest absolute Gasteiger partial charge is 0.326 e. The van der Waals surface area contributed by atoms with Gasteiger partial charge in [-0.15, -0.1) is 0 Å². The molecule has 0 aliphatic carbocycles. The Labute approximate surface area is 195 Å². The maximum absolute atomic E-state index is 12.9. The fourth-order valence-corrected chi connectivity index (χ4v) is 3.35. The van der Waals surface area contributed by atoms with E-state index in [9.17, 15) is 29.1 Å². The van der Waals surface area contributed by atoms with Gasteiger partial charge in [0.15, 0.2) is 0 Å². The zero-order valence-corrected chi connectivity index (χ0v) is 19.0. The second-order valence-corrected chi connectivity index (χ2v) is 8.25. The Kier molecular flexibility index (Phi) is 9.13. The number of amides is 4. The number of carboxylic acid groups (broad SMARTS) is 1. The Morgan fingerprint density at radius 3 is 2.35 bits per heavy atom. The minimum absolute atomic E-state index is 0.0657. The maximum Gasteiger partial charge on any atom is 0.326 e. The fraction of sp³-hybridized carbons (Fsp3) is 0.409. The second-order valence-electron chi connectivity index (χ2n) is 8.25. The first-order valence-electron chi connectivity index (χ1n) is 10.7. The molecule has 1 aromatic carbocycles. The van der Waals surface area contributed by atoms with Crippen LogP contribution in [0, 0.1) is 5.92 Å². The van der Waals surface area contributed by atoms with E-state index < -0.39 is 60.7 Å². The summed E-state index contributed by atoms with van der Waals surface area (Å²) >= 11 is 0. The summed E-state index contributed by atoms with van der Waals surface area (Å²) in [6.07, 6.45) is 1.37. The number of benzene rings is 1. The normalized spacial score (nSPS) is 13.6. The first-order chi connectivity index (χ1) is 16.0. The minimum atomic E-state index is -1.25. The molecule has 0 aliphatic heterocycles. The van der Waals surface area contributed by atoms with Crippen LogP contribution in [0.4, 0.5) is 0 Å². The Morgan fingerprint density at radius 2 is 1.74 bits per heavy atom. The second kappa shape index (κ2) is 11.8. The van der Waals surface area contributed by atoms with Gasteiger partial charge in [-0.25, -0.2) is 4.79 Å². The SMILES string of the molecule is CC(C)C(NC(=O)CNC(=O)C(Cc1c[nH]c2ccccc12)NC(=O)C(N)CC(N)=O)C(=O)O. The predicted octanol–water partition coefficient (Wildman–Crippen LogP) is -1.26. The van der Waals surface area contributed by atoms with Gasteiger partial charge in [-0.1, -0.05) is 32.0 Å². The third-order valence-corrected chi connectivity index (χ3v) is 5.16. The lowest BCUT2D eigenvalue weighted by atomic mass is 10.0. The third-order valence-electron chi connectivity index (χ3n) is 5.16. The van der Waals surface area contributed by atoms with Crippen molar-refractivity contribution < 1.29 is 29.1 Å². The van der Waals surface area contributed by atoms with Gasteiger partial charge in [-0.2, -0.15) is 0 Å². The van der Waals surface area contributed by atoms with E-state index in [2.05, 4.69) is 20.9 Å². The molecule has 9 N–H and O–H groups in total. The van der Waals surface area contributed by atoms with E-state index in [0.717, 1.165) is 16.5 Å². The minimum Gasteiger partial charge on any atom is -0.480 e. The van der Waals surface area contributed by atoms with Crippen LogP contribution in [0.15, 0.2) is 30.5 Å². The number of nitrogens with two attached hydrogens (primary N) is 2. The lowest BCUT2D eigenvalue weighted by Crippen LogP contribution is -2.55. The van der Waals surface area contributed by atoms with Crippen LogP contribution in [-0.4, -0.2) is 64.4 Å². The molecule has 1 aromatic heterocycles. The van der Waals surface area contributed by atoms with Crippen molar-refractivity contribution in [2.24, 2.45) is 17.4 Å². The zero-order valence-electron chi connectivity index (χ0n) is 19.0. The number of nitrogens with one attached hydrogen (secondary N) is 4. The summed E-state index contributed by atoms with van der Waals surface area (Å²) in [5.41, 5.74) is 12.3. The number of carboxylic acids is 1. The number of carbonyl (C=O) groups is 5. The van der Waals surface area contributed by atoms with Gasteiger partial charge >= 0.3 is 5.97 Å². The van der Waals surface area contributed by atoms with Crippen LogP contribution >= 0.6 is 0 Å². The molecule has 2 aromatic rings. The Bertz CT molecular complexity index is 1070. The lowest BCUT2D eigenvalue weighted by molar-refractivity contribution is -0.143. The molecule has 12 heteroatoms. The summed E-state index contributed by atoms with van der Waals surface area (Å²) in [7, 11) is 0. The maximum atomic E-state index is 12.9. The molecule has 0 saturated carbocycles. The number of primary amides is 1. The summed E-state index contributed by atoms with van der Waals surface area (Å²) in [4.78, 5) is 62.9. The number of hydrogen-bond donors (Lipinski definition) is 7. The predicted molar refractivity (Wildman–Crippen MR) is 123 cm³/mol. The Hall–Kier alpha value is -3.93. The largest absolute Gasteiger partial charge is 0.480 e. The Balaban J connectivity index is 2.13. The highest BCUT2D eigenvalue weighted by atomic mass is 16.4. The number of rotatable bonds is 12. The number of aromatic amines is 1. The van der Waals surface area contributed by atoms with Crippen LogP contribution in [0.25, 0.3) is 10.9 Å². The Morgan fingerprint density at radius 1 is 1.06 bits per heavy atom. The molecule has 1 heterocycles. The molecule has 3 atom stereocenters. The molecule has 0 aliphatic rings. The van der Waals surface area contributed by atoms with Crippen LogP contribution in [0.1, 0.15) is 25.8 Å². The molecular formula is C22H30N6O6. The number of H-pyrrole nitrogens is 1. The summed E-state index contributed by atoms with van der Waals surface area (Å²) in [5.74, 6) is -4.46. The van der Waals surface area contributed by atoms with E-state index in [0.29, 0.717) is 0 Å². The number of aliphatic carboxylic acids is 1. The number of fused-ring (bicyclic) bond motifs is 1. The highest BCUT2D eigenvalue weighted by Gasteiger charge is 2.27. The van der Waals surface area contributed by atoms with E-state index in [4.69, 9.17) is 11.5 Å². The number of hydrogen-bond acceptors (Lipinski definition) is 6. The number of para-hydroxylation sites is 1. The fourth-order valence-electron chi connectivity index (χ4n) is 3.35. The third kappa shape index (κ3) is 7.30. The van der Waals surface area contributed by atoms with Crippen molar-refractivity contribution in [1.29, 1.82) is 0 Å². The lowest BCUT2D eigenvalue weighted by Gasteiger charge is -2.21. The van der Waals surface area contributed by atoms with Gasteiger partial charge in [0, 0.05) is 23.5 Å². The quantitative estimate of drug-likeness (QED) is 0.198. The molecule has 0 fully saturated rings. The van der Waals surface area contributed by atoms with Crippen molar-refractivity contribution in [2.45, 2.75) is 44.8 Å². The van der Waals surface area contributed by atoms with Crippen molar-refractivity contribution >= 4 is 40.5 Å². The average Bonchev–Trinajstić information content (AvgIpc) is 3.17. The van der Waals surface area contributed by atoms with Crippen LogP contribution in [0.2, 0.25) is 0 Å². The molecule has 4 amide bonds. The summed E-state index contributed by atoms with van der Waals surface area (Å²) in [6, 6.07) is 3.89. The van der Waals surface area contributed by atoms with E-state index in [1.807, 2.05) is 24.3 Å². The van der Waals surface area contributed by atoms with Crippen molar-refractivity contribution in [1.82, 2.24) is 20.9 Å². The molecular weight excluding hydrogens is 444 g/mol. The van der Waals surface area contributed by atoms with Crippen molar-refractivity contribution in [3.63, 3.8) is 0 Å². The molecule has 2 rings (SSSR count). The molecule has 0 bridgehead atoms. The molecule has 0 saturated heterocycles. The van der Waals surface area contributed by atoms with Gasteiger partial charge in [0.1, 0.15) is 12.1 Å². The van der Waals surface area contributed by atoms with Gasteiger partial charge in [0.05, 0.1) is 19.0 Å². The first kappa shape index (κ1) is 26.3. The number of aromatic nitrogens is 1. The zero-order chi connectivity index (χ0) is 25.4. The topological polar surface area (TPSA) is 210 Å². The molecule has 34 heavy (non-hydrogen) atoms. The first-order valence-corrected chi connectivity index (χ1v) is 10.7. The van der Waals surface area contributed by atoms with E-state index in [1.165, 1.54) is 0 Å². The molecule has 184 valence electrons. The van der Waals surface area contributed by atoms with E-state index in [1.54, 1.807) is 20.0 Å². The summed E-state index contributed by atoms with van der Waals surface area (Å²) < 4.78 is 0. The molecule has 0 spiro atoms. The van der Waals surface area contributed by atoms with Crippen LogP contribution in [-0.2, 0) is 30.4 Å². The van der Waals surface area contributed by atoms with Gasteiger partial charge in [0.25, 0.3) is 0 Å². The van der Waals surface area contributed by atoms with Crippen LogP contribution in [0.5, 0.6) is 0 Å². The van der Waals surface area contributed by atoms with Crippen LogP contribution < -0.4 is 27.4 Å². The monoisotopic (exact) mass is 474 g/mol. The highest BCUT2D eigenvalue weighted by molar-refractivity contribution is 5.94. The van der Waals surface area contributed by atoms with Crippen molar-refractivity contribution in [3.05, 3.63) is 36.0 Å². The molecule has 12 nitrogen and oxygen atoms in total. The van der Waals surface area contributed by atoms with E-state index in [-0.39, 0.29) is 12.3 Å². The van der Waals surface area contributed by atoms with Gasteiger partial charge in [0.2, 0.25) is 23.6 Å². The standard InChI is InChI=1S/C22H30N6O6/c1-11(2)19(22(33)34)28-18(30)10-26-21(32)16(27-20(31)14(23)8-17(24)29)7-12-9-25-15-6-4-3-5-13(12)15/h3-6,9,11,14,16,19,25H,7-8,10,23H2,1-2H3,(H2,24,29)(H,26,32)(H,27,31)(H,28,30)(H,33,34). The summed E-state index contributed by atoms with van der Waals surface area (Å²) in [5, 5.41) is 17.3. The molecule has 3 unspecified atom stereocenters. The number of carbonyl (C=O) groups excluding carboxylic acids is 4. The van der Waals surface area contributed by atoms with E-state index >= 15 is 0 Å². The van der Waals surface area contributed by atoms with Gasteiger partial charge in [-0.3, -0.25) is 19.2 Å². The molecule has 0 radical (unpaired) electrons.